The maximum Gasteiger partial charge on any atom is 0.411 e. The first-order valence-corrected chi connectivity index (χ1v) is 3.22. The first-order valence-electron chi connectivity index (χ1n) is 3.22. The fraction of sp³-hybridized carbons (Fsp3) is 0.500. The SMILES string of the molecule is CCOC(C)=C(C(=O)O)[N+](=O)[O-]. The van der Waals surface area contributed by atoms with Crippen molar-refractivity contribution < 1.29 is 19.6 Å². The number of hydrogen-bond acceptors (Lipinski definition) is 4. The van der Waals surface area contributed by atoms with Crippen LogP contribution >= 0.6 is 0 Å². The lowest BCUT2D eigenvalue weighted by molar-refractivity contribution is -0.424. The zero-order valence-electron chi connectivity index (χ0n) is 6.73. The number of carboxylic acids is 1. The second kappa shape index (κ2) is 4.32. The van der Waals surface area contributed by atoms with Crippen molar-refractivity contribution in [2.75, 3.05) is 6.61 Å². The summed E-state index contributed by atoms with van der Waals surface area (Å²) in [4.78, 5) is 19.4. The van der Waals surface area contributed by atoms with Gasteiger partial charge in [-0.1, -0.05) is 0 Å². The Morgan fingerprint density at radius 2 is 2.17 bits per heavy atom. The Kier molecular flexibility index (Phi) is 3.75. The van der Waals surface area contributed by atoms with Crippen LogP contribution in [0.2, 0.25) is 0 Å². The molecule has 0 bridgehead atoms. The summed E-state index contributed by atoms with van der Waals surface area (Å²) in [6.07, 6.45) is 0. The van der Waals surface area contributed by atoms with Crippen molar-refractivity contribution in [1.29, 1.82) is 0 Å². The number of carbonyl (C=O) groups is 1. The molecule has 0 fully saturated rings. The average Bonchev–Trinajstić information content (AvgIpc) is 1.85. The molecular weight excluding hydrogens is 166 g/mol. The fourth-order valence-corrected chi connectivity index (χ4v) is 0.642. The normalized spacial score (nSPS) is 11.8. The third-order valence-corrected chi connectivity index (χ3v) is 1.08. The summed E-state index contributed by atoms with van der Waals surface area (Å²) in [6, 6.07) is 0. The van der Waals surface area contributed by atoms with Gasteiger partial charge in [-0.3, -0.25) is 10.1 Å². The molecule has 0 rings (SSSR count). The molecule has 6 heteroatoms. The van der Waals surface area contributed by atoms with Crippen LogP contribution in [-0.2, 0) is 9.53 Å². The van der Waals surface area contributed by atoms with E-state index < -0.39 is 16.6 Å². The third-order valence-electron chi connectivity index (χ3n) is 1.08. The van der Waals surface area contributed by atoms with Crippen molar-refractivity contribution in [2.24, 2.45) is 0 Å². The fourth-order valence-electron chi connectivity index (χ4n) is 0.642. The molecule has 0 atom stereocenters. The van der Waals surface area contributed by atoms with Crippen molar-refractivity contribution >= 4 is 5.97 Å². The van der Waals surface area contributed by atoms with Crippen LogP contribution in [0.1, 0.15) is 13.8 Å². The van der Waals surface area contributed by atoms with Gasteiger partial charge in [-0.2, -0.15) is 0 Å². The molecule has 0 saturated heterocycles. The van der Waals surface area contributed by atoms with E-state index in [0.717, 1.165) is 0 Å². The first-order chi connectivity index (χ1) is 5.50. The van der Waals surface area contributed by atoms with E-state index in [1.165, 1.54) is 6.92 Å². The number of hydrogen-bond donors (Lipinski definition) is 1. The third kappa shape index (κ3) is 2.57. The monoisotopic (exact) mass is 175 g/mol. The lowest BCUT2D eigenvalue weighted by atomic mass is 10.4. The van der Waals surface area contributed by atoms with E-state index >= 15 is 0 Å². The largest absolute Gasteiger partial charge is 0.491 e. The second-order valence-electron chi connectivity index (χ2n) is 1.90. The van der Waals surface area contributed by atoms with E-state index in [9.17, 15) is 14.9 Å². The van der Waals surface area contributed by atoms with Crippen LogP contribution in [0.5, 0.6) is 0 Å². The minimum absolute atomic E-state index is 0.185. The Labute approximate surface area is 68.6 Å². The zero-order valence-corrected chi connectivity index (χ0v) is 6.73. The molecule has 68 valence electrons. The van der Waals surface area contributed by atoms with E-state index in [2.05, 4.69) is 4.74 Å². The van der Waals surface area contributed by atoms with Crippen LogP contribution in [0, 0.1) is 10.1 Å². The highest BCUT2D eigenvalue weighted by Gasteiger charge is 2.25. The number of nitro groups is 1. The molecule has 1 N–H and O–H groups in total. The molecular formula is C6H9NO5. The Balaban J connectivity index is 4.80. The number of aliphatic carboxylic acids is 1. The predicted molar refractivity (Wildman–Crippen MR) is 39.0 cm³/mol. The number of ether oxygens (including phenoxy) is 1. The molecule has 0 spiro atoms. The van der Waals surface area contributed by atoms with Crippen LogP contribution in [0.4, 0.5) is 0 Å². The predicted octanol–water partition coefficient (Wildman–Crippen LogP) is 0.616. The maximum absolute atomic E-state index is 10.3. The quantitative estimate of drug-likeness (QED) is 0.292. The molecule has 0 aliphatic rings. The number of allylic oxidation sites excluding steroid dienone is 1. The Hall–Kier alpha value is -1.59. The van der Waals surface area contributed by atoms with Gasteiger partial charge in [-0.15, -0.1) is 0 Å². The molecule has 12 heavy (non-hydrogen) atoms. The summed E-state index contributed by atoms with van der Waals surface area (Å²) in [5.41, 5.74) is -0.920. The molecule has 0 saturated carbocycles. The Morgan fingerprint density at radius 1 is 1.67 bits per heavy atom. The minimum Gasteiger partial charge on any atom is -0.491 e. The first kappa shape index (κ1) is 10.4. The molecule has 0 aliphatic heterocycles. The van der Waals surface area contributed by atoms with E-state index in [1.54, 1.807) is 6.92 Å². The zero-order chi connectivity index (χ0) is 9.72. The van der Waals surface area contributed by atoms with Gasteiger partial charge in [0.1, 0.15) is 0 Å². The van der Waals surface area contributed by atoms with E-state index in [1.807, 2.05) is 0 Å². The van der Waals surface area contributed by atoms with Gasteiger partial charge in [0.15, 0.2) is 5.76 Å². The van der Waals surface area contributed by atoms with Crippen LogP contribution in [-0.4, -0.2) is 22.6 Å². The smallest absolute Gasteiger partial charge is 0.411 e. The van der Waals surface area contributed by atoms with E-state index in [0.29, 0.717) is 0 Å². The van der Waals surface area contributed by atoms with Gasteiger partial charge >= 0.3 is 11.7 Å². The number of carboxylic acid groups (broad SMARTS) is 1. The van der Waals surface area contributed by atoms with Crippen LogP contribution in [0.15, 0.2) is 11.5 Å². The van der Waals surface area contributed by atoms with Crippen LogP contribution in [0.25, 0.3) is 0 Å². The van der Waals surface area contributed by atoms with Gasteiger partial charge in [-0.05, 0) is 6.92 Å². The van der Waals surface area contributed by atoms with Gasteiger partial charge < -0.3 is 9.84 Å². The second-order valence-corrected chi connectivity index (χ2v) is 1.90. The average molecular weight is 175 g/mol. The molecule has 0 aliphatic carbocycles. The van der Waals surface area contributed by atoms with Gasteiger partial charge in [0.2, 0.25) is 0 Å². The molecule has 6 nitrogen and oxygen atoms in total. The molecule has 0 radical (unpaired) electrons. The molecule has 0 aromatic rings. The summed E-state index contributed by atoms with van der Waals surface area (Å²) in [5, 5.41) is 18.5. The van der Waals surface area contributed by atoms with Crippen molar-refractivity contribution in [3.05, 3.63) is 21.6 Å². The highest BCUT2D eigenvalue weighted by atomic mass is 16.6. The number of nitrogens with zero attached hydrogens (tertiary/aromatic N) is 1. The van der Waals surface area contributed by atoms with E-state index in [4.69, 9.17) is 5.11 Å². The summed E-state index contributed by atoms with van der Waals surface area (Å²) in [5.74, 6) is -1.78. The van der Waals surface area contributed by atoms with Crippen LogP contribution in [0.3, 0.4) is 0 Å². The standard InChI is InChI=1S/C6H9NO5/c1-3-12-4(2)5(6(8)9)7(10)11/h3H2,1-2H3,(H,8,9). The highest BCUT2D eigenvalue weighted by molar-refractivity contribution is 5.84. The summed E-state index contributed by atoms with van der Waals surface area (Å²) >= 11 is 0. The summed E-state index contributed by atoms with van der Waals surface area (Å²) in [6.45, 7) is 3.06. The highest BCUT2D eigenvalue weighted by Crippen LogP contribution is 2.06. The van der Waals surface area contributed by atoms with Crippen molar-refractivity contribution in [3.8, 4) is 0 Å². The molecule has 0 aromatic heterocycles. The molecule has 0 aromatic carbocycles. The Morgan fingerprint density at radius 3 is 2.42 bits per heavy atom. The van der Waals surface area contributed by atoms with Gasteiger partial charge in [0.25, 0.3) is 0 Å². The molecule has 0 amide bonds. The lowest BCUT2D eigenvalue weighted by Gasteiger charge is -2.00. The van der Waals surface area contributed by atoms with Gasteiger partial charge in [-0.25, -0.2) is 4.79 Å². The van der Waals surface area contributed by atoms with Gasteiger partial charge in [0.05, 0.1) is 11.5 Å². The maximum atomic E-state index is 10.3. The topological polar surface area (TPSA) is 89.7 Å². The van der Waals surface area contributed by atoms with Crippen molar-refractivity contribution in [2.45, 2.75) is 13.8 Å². The van der Waals surface area contributed by atoms with Crippen molar-refractivity contribution in [1.82, 2.24) is 0 Å². The minimum atomic E-state index is -1.59. The molecule has 0 unspecified atom stereocenters. The lowest BCUT2D eigenvalue weighted by Crippen LogP contribution is -2.13. The summed E-state index contributed by atoms with van der Waals surface area (Å²) in [7, 11) is 0. The van der Waals surface area contributed by atoms with Crippen molar-refractivity contribution in [3.63, 3.8) is 0 Å². The number of rotatable bonds is 4. The summed E-state index contributed by atoms with van der Waals surface area (Å²) < 4.78 is 4.68. The molecule has 0 heterocycles. The van der Waals surface area contributed by atoms with Crippen LogP contribution < -0.4 is 0 Å². The Bertz CT molecular complexity index is 216. The van der Waals surface area contributed by atoms with E-state index in [-0.39, 0.29) is 12.4 Å². The van der Waals surface area contributed by atoms with Gasteiger partial charge in [0, 0.05) is 6.92 Å².